The van der Waals surface area contributed by atoms with Crippen molar-refractivity contribution in [2.75, 3.05) is 4.90 Å². The van der Waals surface area contributed by atoms with E-state index in [1.165, 1.54) is 82.8 Å². The summed E-state index contributed by atoms with van der Waals surface area (Å²) in [6, 6.07) is 65.1. The standard InChI is InChI=1S/C56H42N2/c1-2-14-49(15-3-1)58-55-17-9-8-16-53(55)54-38-48(28-35-56(54)58)43-26-33-52(34-27-43)57(50-29-22-41(23-30-50)46-20-18-39-10-4-6-12-44(39)36-46)51-31-24-42(25-32-51)47-21-19-40-11-5-7-13-45(40)37-47/h2,4,6-10,12-38H,1,3,5,11H2. The van der Waals surface area contributed by atoms with Crippen molar-refractivity contribution in [2.24, 2.45) is 0 Å². The van der Waals surface area contributed by atoms with Crippen LogP contribution in [0.4, 0.5) is 17.1 Å². The van der Waals surface area contributed by atoms with Crippen molar-refractivity contribution in [1.29, 1.82) is 0 Å². The van der Waals surface area contributed by atoms with Crippen LogP contribution in [0.25, 0.3) is 77.7 Å². The summed E-state index contributed by atoms with van der Waals surface area (Å²) in [6.45, 7) is 0. The van der Waals surface area contributed by atoms with Crippen LogP contribution in [-0.4, -0.2) is 4.57 Å². The first-order valence-corrected chi connectivity index (χ1v) is 20.5. The third kappa shape index (κ3) is 6.15. The van der Waals surface area contributed by atoms with E-state index >= 15 is 0 Å². The Bertz CT molecular complexity index is 3080. The molecule has 0 bridgehead atoms. The molecule has 2 nitrogen and oxygen atoms in total. The van der Waals surface area contributed by atoms with Gasteiger partial charge in [0.05, 0.1) is 11.0 Å². The predicted octanol–water partition coefficient (Wildman–Crippen LogP) is 15.6. The maximum Gasteiger partial charge on any atom is 0.0541 e. The number of anilines is 3. The lowest BCUT2D eigenvalue weighted by atomic mass is 9.93. The molecule has 0 N–H and O–H groups in total. The normalized spacial score (nSPS) is 13.6. The van der Waals surface area contributed by atoms with Crippen molar-refractivity contribution in [3.8, 4) is 33.4 Å². The smallest absolute Gasteiger partial charge is 0.0541 e. The van der Waals surface area contributed by atoms with Crippen LogP contribution in [0, 0.1) is 0 Å². The predicted molar refractivity (Wildman–Crippen MR) is 248 cm³/mol. The topological polar surface area (TPSA) is 8.17 Å². The number of fused-ring (bicyclic) bond motifs is 5. The monoisotopic (exact) mass is 742 g/mol. The molecule has 0 unspecified atom stereocenters. The highest BCUT2D eigenvalue weighted by Gasteiger charge is 2.17. The first kappa shape index (κ1) is 34.1. The maximum absolute atomic E-state index is 2.42. The van der Waals surface area contributed by atoms with E-state index in [4.69, 9.17) is 0 Å². The highest BCUT2D eigenvalue weighted by molar-refractivity contribution is 6.11. The summed E-state index contributed by atoms with van der Waals surface area (Å²) in [4.78, 5) is 2.37. The zero-order valence-electron chi connectivity index (χ0n) is 32.4. The van der Waals surface area contributed by atoms with Crippen LogP contribution in [0.2, 0.25) is 0 Å². The third-order valence-corrected chi connectivity index (χ3v) is 12.1. The van der Waals surface area contributed by atoms with Crippen LogP contribution in [0.1, 0.15) is 30.4 Å². The molecule has 0 saturated heterocycles. The lowest BCUT2D eigenvalue weighted by molar-refractivity contribution is 0.986. The van der Waals surface area contributed by atoms with E-state index in [9.17, 15) is 0 Å². The van der Waals surface area contributed by atoms with Gasteiger partial charge in [0.2, 0.25) is 0 Å². The fraction of sp³-hybridized carbons (Fsp3) is 0.0714. The molecule has 58 heavy (non-hydrogen) atoms. The quantitative estimate of drug-likeness (QED) is 0.158. The van der Waals surface area contributed by atoms with Gasteiger partial charge in [-0.3, -0.25) is 0 Å². The molecule has 0 spiro atoms. The zero-order valence-corrected chi connectivity index (χ0v) is 32.4. The number of aryl methyl sites for hydroxylation is 1. The Labute approximate surface area is 340 Å². The summed E-state index contributed by atoms with van der Waals surface area (Å²) in [7, 11) is 0. The number of aromatic nitrogens is 1. The van der Waals surface area contributed by atoms with Crippen molar-refractivity contribution in [3.05, 3.63) is 211 Å². The fourth-order valence-electron chi connectivity index (χ4n) is 9.03. The number of benzene rings is 8. The summed E-state index contributed by atoms with van der Waals surface area (Å²) in [5, 5.41) is 5.07. The highest BCUT2D eigenvalue weighted by atomic mass is 15.1. The molecule has 2 aliphatic carbocycles. The number of hydrogen-bond donors (Lipinski definition) is 0. The average molecular weight is 743 g/mol. The molecule has 1 aromatic heterocycles. The van der Waals surface area contributed by atoms with Gasteiger partial charge in [0.25, 0.3) is 0 Å². The molecule has 0 saturated carbocycles. The van der Waals surface area contributed by atoms with E-state index in [0.717, 1.165) is 42.7 Å². The molecule has 0 radical (unpaired) electrons. The van der Waals surface area contributed by atoms with Crippen LogP contribution >= 0.6 is 0 Å². The van der Waals surface area contributed by atoms with E-state index in [0.29, 0.717) is 0 Å². The Kier molecular flexibility index (Phi) is 8.47. The zero-order chi connectivity index (χ0) is 38.4. The highest BCUT2D eigenvalue weighted by Crippen LogP contribution is 2.40. The van der Waals surface area contributed by atoms with Gasteiger partial charge in [0, 0.05) is 33.5 Å². The number of para-hydroxylation sites is 1. The van der Waals surface area contributed by atoms with Crippen LogP contribution < -0.4 is 4.90 Å². The van der Waals surface area contributed by atoms with Gasteiger partial charge < -0.3 is 9.47 Å². The Morgan fingerprint density at radius 3 is 1.67 bits per heavy atom. The molecule has 0 fully saturated rings. The summed E-state index contributed by atoms with van der Waals surface area (Å²) >= 11 is 0. The minimum Gasteiger partial charge on any atom is -0.311 e. The maximum atomic E-state index is 2.42. The Balaban J connectivity index is 0.962. The second-order valence-electron chi connectivity index (χ2n) is 15.6. The molecule has 8 aromatic carbocycles. The molecule has 0 amide bonds. The average Bonchev–Trinajstić information content (AvgIpc) is 3.63. The summed E-state index contributed by atoms with van der Waals surface area (Å²) in [5.74, 6) is 0. The molecule has 1 heterocycles. The van der Waals surface area contributed by atoms with Gasteiger partial charge in [0.1, 0.15) is 0 Å². The lowest BCUT2D eigenvalue weighted by Crippen LogP contribution is -2.09. The van der Waals surface area contributed by atoms with E-state index in [2.05, 4.69) is 216 Å². The fourth-order valence-corrected chi connectivity index (χ4v) is 9.03. The van der Waals surface area contributed by atoms with Crippen molar-refractivity contribution in [1.82, 2.24) is 4.57 Å². The van der Waals surface area contributed by atoms with Crippen molar-refractivity contribution in [2.45, 2.75) is 25.7 Å². The van der Waals surface area contributed by atoms with Gasteiger partial charge >= 0.3 is 0 Å². The number of rotatable bonds is 7. The molecule has 2 heteroatoms. The lowest BCUT2D eigenvalue weighted by Gasteiger charge is -2.26. The molecular weight excluding hydrogens is 701 g/mol. The van der Waals surface area contributed by atoms with Gasteiger partial charge in [-0.1, -0.05) is 133 Å². The van der Waals surface area contributed by atoms with E-state index in [1.54, 1.807) is 0 Å². The number of nitrogens with zero attached hydrogens (tertiary/aromatic N) is 2. The molecule has 2 aliphatic rings. The van der Waals surface area contributed by atoms with Gasteiger partial charge in [-0.05, 0) is 154 Å². The Morgan fingerprint density at radius 1 is 0.397 bits per heavy atom. The van der Waals surface area contributed by atoms with E-state index < -0.39 is 0 Å². The molecule has 0 atom stereocenters. The van der Waals surface area contributed by atoms with Gasteiger partial charge in [0.15, 0.2) is 0 Å². The van der Waals surface area contributed by atoms with Crippen molar-refractivity contribution < 1.29 is 0 Å². The summed E-state index contributed by atoms with van der Waals surface area (Å²) in [5.41, 5.74) is 17.2. The minimum atomic E-state index is 1.08. The van der Waals surface area contributed by atoms with Gasteiger partial charge in [-0.2, -0.15) is 0 Å². The Morgan fingerprint density at radius 2 is 0.966 bits per heavy atom. The van der Waals surface area contributed by atoms with Crippen molar-refractivity contribution in [3.63, 3.8) is 0 Å². The van der Waals surface area contributed by atoms with Crippen molar-refractivity contribution >= 4 is 61.4 Å². The molecule has 11 rings (SSSR count). The van der Waals surface area contributed by atoms with Crippen LogP contribution in [-0.2, 0) is 6.42 Å². The van der Waals surface area contributed by atoms with E-state index in [-0.39, 0.29) is 0 Å². The van der Waals surface area contributed by atoms with Crippen LogP contribution in [0.15, 0.2) is 200 Å². The summed E-state index contributed by atoms with van der Waals surface area (Å²) < 4.78 is 2.42. The molecule has 0 aliphatic heterocycles. The van der Waals surface area contributed by atoms with Gasteiger partial charge in [-0.25, -0.2) is 0 Å². The molecule has 276 valence electrons. The second kappa shape index (κ2) is 14.4. The molecular formula is C56H42N2. The van der Waals surface area contributed by atoms with Crippen LogP contribution in [0.5, 0.6) is 0 Å². The summed E-state index contributed by atoms with van der Waals surface area (Å²) in [6.07, 6.45) is 15.9. The number of allylic oxidation sites excluding steroid dienone is 5. The Hall–Kier alpha value is -7.16. The third-order valence-electron chi connectivity index (χ3n) is 12.1. The van der Waals surface area contributed by atoms with E-state index in [1.807, 2.05) is 0 Å². The first-order valence-electron chi connectivity index (χ1n) is 20.5. The molecule has 9 aromatic rings. The van der Waals surface area contributed by atoms with Crippen LogP contribution in [0.3, 0.4) is 0 Å². The van der Waals surface area contributed by atoms with Gasteiger partial charge in [-0.15, -0.1) is 0 Å². The number of hydrogen-bond acceptors (Lipinski definition) is 1. The first-order chi connectivity index (χ1) is 28.7. The second-order valence-corrected chi connectivity index (χ2v) is 15.6. The minimum absolute atomic E-state index is 1.08. The largest absolute Gasteiger partial charge is 0.311 e. The SMILES string of the molecule is C1=CC(n2c3ccccc3c3cc(-c4ccc(N(c5ccc(-c6ccc7c(c6)C=CCC7)cc5)c5ccc(-c6ccc7ccccc7c6)cc5)cc4)ccc32)=CCC1.